The van der Waals surface area contributed by atoms with Crippen molar-refractivity contribution in [1.29, 1.82) is 0 Å². The van der Waals surface area contributed by atoms with Crippen LogP contribution in [0.15, 0.2) is 0 Å². The Kier molecular flexibility index (Phi) is 3.22. The SMILES string of the molecule is CC1(C2CCC3C4CCC5CC(=O)CCC5(C)C4CCC32C)CO1. The van der Waals surface area contributed by atoms with E-state index in [2.05, 4.69) is 20.8 Å². The van der Waals surface area contributed by atoms with Gasteiger partial charge in [0.1, 0.15) is 5.78 Å². The molecular weight excluding hydrogens is 296 g/mol. The van der Waals surface area contributed by atoms with Gasteiger partial charge in [0, 0.05) is 12.8 Å². The second kappa shape index (κ2) is 4.87. The van der Waals surface area contributed by atoms with Crippen molar-refractivity contribution in [3.05, 3.63) is 0 Å². The predicted molar refractivity (Wildman–Crippen MR) is 94.6 cm³/mol. The van der Waals surface area contributed by atoms with Crippen LogP contribution >= 0.6 is 0 Å². The van der Waals surface area contributed by atoms with Gasteiger partial charge in [-0.25, -0.2) is 0 Å². The molecule has 2 nitrogen and oxygen atoms in total. The second-order valence-electron chi connectivity index (χ2n) is 10.7. The summed E-state index contributed by atoms with van der Waals surface area (Å²) in [5, 5.41) is 0. The van der Waals surface area contributed by atoms with E-state index in [0.29, 0.717) is 22.5 Å². The van der Waals surface area contributed by atoms with E-state index >= 15 is 0 Å². The molecule has 0 radical (unpaired) electrons. The molecule has 4 aliphatic carbocycles. The minimum absolute atomic E-state index is 0.203. The number of ketones is 1. The Labute approximate surface area is 147 Å². The van der Waals surface area contributed by atoms with Crippen molar-refractivity contribution in [2.45, 2.75) is 84.2 Å². The molecule has 5 aliphatic rings. The van der Waals surface area contributed by atoms with Gasteiger partial charge in [0.2, 0.25) is 0 Å². The highest BCUT2D eigenvalue weighted by atomic mass is 16.6. The normalized spacial score (nSPS) is 59.5. The van der Waals surface area contributed by atoms with Crippen molar-refractivity contribution in [1.82, 2.24) is 0 Å². The largest absolute Gasteiger partial charge is 0.370 e. The van der Waals surface area contributed by atoms with E-state index in [1.54, 1.807) is 0 Å². The number of hydrogen-bond donors (Lipinski definition) is 0. The first kappa shape index (κ1) is 15.9. The summed E-state index contributed by atoms with van der Waals surface area (Å²) in [5.41, 5.74) is 1.17. The van der Waals surface area contributed by atoms with E-state index in [1.165, 1.54) is 44.9 Å². The Morgan fingerprint density at radius 2 is 1.67 bits per heavy atom. The molecule has 0 N–H and O–H groups in total. The highest BCUT2D eigenvalue weighted by Crippen LogP contribution is 2.69. The number of carbonyl (C=O) groups excluding carboxylic acids is 1. The minimum Gasteiger partial charge on any atom is -0.370 e. The van der Waals surface area contributed by atoms with Gasteiger partial charge in [-0.3, -0.25) is 4.79 Å². The maximum absolute atomic E-state index is 12.0. The van der Waals surface area contributed by atoms with Gasteiger partial charge in [-0.2, -0.15) is 0 Å². The Bertz CT molecular complexity index is 564. The molecule has 0 spiro atoms. The number of hydrogen-bond acceptors (Lipinski definition) is 2. The molecule has 0 bridgehead atoms. The number of Topliss-reactive ketones (excluding diaryl/α,β-unsaturated/α-hetero) is 1. The first-order chi connectivity index (χ1) is 11.4. The highest BCUT2D eigenvalue weighted by molar-refractivity contribution is 5.79. The fourth-order valence-electron chi connectivity index (χ4n) is 8.36. The molecule has 4 saturated carbocycles. The van der Waals surface area contributed by atoms with Gasteiger partial charge < -0.3 is 4.74 Å². The van der Waals surface area contributed by atoms with E-state index in [1.807, 2.05) is 0 Å². The third-order valence-corrected chi connectivity index (χ3v) is 9.82. The smallest absolute Gasteiger partial charge is 0.133 e. The first-order valence-electron chi connectivity index (χ1n) is 10.5. The van der Waals surface area contributed by atoms with Crippen molar-refractivity contribution in [3.63, 3.8) is 0 Å². The molecular formula is C22H34O2. The molecule has 1 saturated heterocycles. The third kappa shape index (κ3) is 1.95. The van der Waals surface area contributed by atoms with Crippen molar-refractivity contribution >= 4 is 5.78 Å². The number of rotatable bonds is 1. The fraction of sp³-hybridized carbons (Fsp3) is 0.955. The van der Waals surface area contributed by atoms with Gasteiger partial charge in [0.05, 0.1) is 12.2 Å². The van der Waals surface area contributed by atoms with E-state index < -0.39 is 0 Å². The molecule has 1 aliphatic heterocycles. The number of fused-ring (bicyclic) bond motifs is 5. The number of carbonyl (C=O) groups is 1. The topological polar surface area (TPSA) is 29.6 Å². The maximum Gasteiger partial charge on any atom is 0.133 e. The Morgan fingerprint density at radius 3 is 2.42 bits per heavy atom. The Morgan fingerprint density at radius 1 is 0.917 bits per heavy atom. The van der Waals surface area contributed by atoms with Gasteiger partial charge >= 0.3 is 0 Å². The van der Waals surface area contributed by atoms with Gasteiger partial charge in [-0.15, -0.1) is 0 Å². The molecule has 8 unspecified atom stereocenters. The quantitative estimate of drug-likeness (QED) is 0.633. The molecule has 5 rings (SSSR count). The van der Waals surface area contributed by atoms with Crippen molar-refractivity contribution in [3.8, 4) is 0 Å². The first-order valence-corrected chi connectivity index (χ1v) is 10.5. The molecule has 134 valence electrons. The summed E-state index contributed by atoms with van der Waals surface area (Å²) in [5.74, 6) is 4.73. The zero-order valence-corrected chi connectivity index (χ0v) is 15.8. The standard InChI is InChI=1S/C22H34O2/c1-20-10-8-15(23)12-14(20)4-5-16-17-6-7-19(22(3)13-24-22)21(17,2)11-9-18(16)20/h14,16-19H,4-13H2,1-3H3. The minimum atomic E-state index is 0.203. The van der Waals surface area contributed by atoms with E-state index in [4.69, 9.17) is 4.74 Å². The van der Waals surface area contributed by atoms with Crippen LogP contribution in [0.3, 0.4) is 0 Å². The average Bonchev–Trinajstić information content (AvgIpc) is 3.17. The lowest BCUT2D eigenvalue weighted by Crippen LogP contribution is -2.54. The number of ether oxygens (including phenoxy) is 1. The number of epoxide rings is 1. The summed E-state index contributed by atoms with van der Waals surface area (Å²) >= 11 is 0. The lowest BCUT2D eigenvalue weighted by molar-refractivity contribution is -0.140. The molecule has 2 heteroatoms. The molecule has 0 aromatic heterocycles. The van der Waals surface area contributed by atoms with Crippen molar-refractivity contribution in [2.24, 2.45) is 40.4 Å². The van der Waals surface area contributed by atoms with E-state index in [9.17, 15) is 4.79 Å². The molecule has 1 heterocycles. The summed E-state index contributed by atoms with van der Waals surface area (Å²) < 4.78 is 5.91. The van der Waals surface area contributed by atoms with Crippen LogP contribution in [-0.2, 0) is 9.53 Å². The fourth-order valence-corrected chi connectivity index (χ4v) is 8.36. The van der Waals surface area contributed by atoms with E-state index in [-0.39, 0.29) is 5.60 Å². The van der Waals surface area contributed by atoms with Crippen LogP contribution < -0.4 is 0 Å². The van der Waals surface area contributed by atoms with Crippen LogP contribution in [0.25, 0.3) is 0 Å². The highest BCUT2D eigenvalue weighted by Gasteiger charge is 2.65. The summed E-state index contributed by atoms with van der Waals surface area (Å²) in [4.78, 5) is 12.0. The van der Waals surface area contributed by atoms with Crippen LogP contribution in [0, 0.1) is 40.4 Å². The van der Waals surface area contributed by atoms with Gasteiger partial charge in [0.15, 0.2) is 0 Å². The third-order valence-electron chi connectivity index (χ3n) is 9.82. The predicted octanol–water partition coefficient (Wildman–Crippen LogP) is 5.00. The molecule has 24 heavy (non-hydrogen) atoms. The van der Waals surface area contributed by atoms with Crippen LogP contribution in [0.5, 0.6) is 0 Å². The molecule has 0 aromatic rings. The summed E-state index contributed by atoms with van der Waals surface area (Å²) in [7, 11) is 0. The van der Waals surface area contributed by atoms with Crippen LogP contribution in [0.4, 0.5) is 0 Å². The molecule has 8 atom stereocenters. The van der Waals surface area contributed by atoms with Crippen LogP contribution in [0.2, 0.25) is 0 Å². The summed E-state index contributed by atoms with van der Waals surface area (Å²) in [6.07, 6.45) is 11.2. The molecule has 5 fully saturated rings. The van der Waals surface area contributed by atoms with Gasteiger partial charge in [0.25, 0.3) is 0 Å². The van der Waals surface area contributed by atoms with E-state index in [0.717, 1.165) is 43.1 Å². The van der Waals surface area contributed by atoms with Crippen LogP contribution in [-0.4, -0.2) is 18.0 Å². The average molecular weight is 331 g/mol. The van der Waals surface area contributed by atoms with Gasteiger partial charge in [-0.1, -0.05) is 13.8 Å². The lowest BCUT2D eigenvalue weighted by Gasteiger charge is -2.60. The summed E-state index contributed by atoms with van der Waals surface area (Å²) in [6.45, 7) is 8.52. The second-order valence-corrected chi connectivity index (χ2v) is 10.7. The van der Waals surface area contributed by atoms with Crippen LogP contribution in [0.1, 0.15) is 78.6 Å². The summed E-state index contributed by atoms with van der Waals surface area (Å²) in [6, 6.07) is 0. The monoisotopic (exact) mass is 330 g/mol. The Balaban J connectivity index is 1.44. The van der Waals surface area contributed by atoms with Crippen molar-refractivity contribution < 1.29 is 9.53 Å². The Hall–Kier alpha value is -0.370. The van der Waals surface area contributed by atoms with Gasteiger partial charge in [-0.05, 0) is 92.3 Å². The maximum atomic E-state index is 12.0. The zero-order chi connectivity index (χ0) is 16.7. The van der Waals surface area contributed by atoms with Crippen molar-refractivity contribution in [2.75, 3.05) is 6.61 Å². The lowest BCUT2D eigenvalue weighted by atomic mass is 9.44. The molecule has 0 amide bonds. The molecule has 0 aromatic carbocycles. The zero-order valence-electron chi connectivity index (χ0n) is 15.8.